The maximum Gasteiger partial charge on any atom is 0.141 e. The summed E-state index contributed by atoms with van der Waals surface area (Å²) in [4.78, 5) is 18.8. The second-order valence-electron chi connectivity index (χ2n) is 8.34. The average Bonchev–Trinajstić information content (AvgIpc) is 3.62. The van der Waals surface area contributed by atoms with Gasteiger partial charge < -0.3 is 14.6 Å². The Morgan fingerprint density at radius 3 is 3.19 bits per heavy atom. The number of aromatic amines is 1. The van der Waals surface area contributed by atoms with Gasteiger partial charge in [0.1, 0.15) is 23.5 Å². The molecule has 160 valence electrons. The predicted molar refractivity (Wildman–Crippen MR) is 118 cm³/mol. The van der Waals surface area contributed by atoms with E-state index in [9.17, 15) is 5.26 Å². The number of pyridine rings is 1. The van der Waals surface area contributed by atoms with Crippen molar-refractivity contribution in [3.63, 3.8) is 0 Å². The number of hydrogen-bond acceptors (Lipinski definition) is 7. The Morgan fingerprint density at radius 1 is 1.28 bits per heavy atom. The Labute approximate surface area is 184 Å². The lowest BCUT2D eigenvalue weighted by Gasteiger charge is -2.23. The van der Waals surface area contributed by atoms with Crippen molar-refractivity contribution < 1.29 is 4.74 Å². The molecule has 2 aliphatic rings. The number of fused-ring (bicyclic) bond motifs is 2. The quantitative estimate of drug-likeness (QED) is 0.522. The molecule has 0 aromatic carbocycles. The van der Waals surface area contributed by atoms with Gasteiger partial charge in [0.2, 0.25) is 0 Å². The van der Waals surface area contributed by atoms with Gasteiger partial charge >= 0.3 is 0 Å². The summed E-state index contributed by atoms with van der Waals surface area (Å²) in [5.74, 6) is 2.20. The first-order valence-corrected chi connectivity index (χ1v) is 10.9. The number of aromatic nitrogens is 6. The van der Waals surface area contributed by atoms with Crippen LogP contribution in [0.2, 0.25) is 0 Å². The average molecular weight is 426 g/mol. The van der Waals surface area contributed by atoms with Gasteiger partial charge in [-0.1, -0.05) is 0 Å². The predicted octanol–water partition coefficient (Wildman–Crippen LogP) is 3.13. The van der Waals surface area contributed by atoms with Crippen LogP contribution in [0.25, 0.3) is 22.3 Å². The van der Waals surface area contributed by atoms with E-state index in [0.717, 1.165) is 66.4 Å². The number of anilines is 1. The summed E-state index contributed by atoms with van der Waals surface area (Å²) in [6.07, 6.45) is 11.5. The molecule has 6 rings (SSSR count). The molecule has 1 saturated heterocycles. The molecule has 2 atom stereocenters. The number of nitriles is 1. The Morgan fingerprint density at radius 2 is 2.25 bits per heavy atom. The van der Waals surface area contributed by atoms with E-state index in [2.05, 4.69) is 36.0 Å². The van der Waals surface area contributed by atoms with Crippen LogP contribution in [-0.4, -0.2) is 49.4 Å². The van der Waals surface area contributed by atoms with E-state index < -0.39 is 0 Å². The smallest absolute Gasteiger partial charge is 0.141 e. The summed E-state index contributed by atoms with van der Waals surface area (Å²) in [6.45, 7) is 2.47. The van der Waals surface area contributed by atoms with E-state index in [4.69, 9.17) is 4.74 Å². The lowest BCUT2D eigenvalue weighted by molar-refractivity contribution is 0.332. The zero-order chi connectivity index (χ0) is 21.5. The molecule has 1 N–H and O–H groups in total. The lowest BCUT2D eigenvalue weighted by atomic mass is 9.96. The molecule has 0 saturated carbocycles. The van der Waals surface area contributed by atoms with Gasteiger partial charge in [0, 0.05) is 66.6 Å². The number of ether oxygens (including phenoxy) is 1. The van der Waals surface area contributed by atoms with Crippen molar-refractivity contribution >= 4 is 16.9 Å². The highest BCUT2D eigenvalue weighted by Gasteiger charge is 2.32. The Hall–Kier alpha value is -3.93. The maximum absolute atomic E-state index is 9.53. The molecule has 2 aliphatic heterocycles. The van der Waals surface area contributed by atoms with E-state index in [0.29, 0.717) is 12.3 Å². The molecule has 0 spiro atoms. The second kappa shape index (κ2) is 7.64. The minimum Gasteiger partial charge on any atom is -0.493 e. The topological polar surface area (TPSA) is 109 Å². The van der Waals surface area contributed by atoms with Gasteiger partial charge in [0.05, 0.1) is 37.0 Å². The molecule has 9 nitrogen and oxygen atoms in total. The zero-order valence-electron chi connectivity index (χ0n) is 17.5. The lowest BCUT2D eigenvalue weighted by Crippen LogP contribution is -2.25. The first-order valence-electron chi connectivity index (χ1n) is 10.9. The fraction of sp³-hybridized carbons (Fsp3) is 0.348. The van der Waals surface area contributed by atoms with Crippen LogP contribution in [0, 0.1) is 17.2 Å². The fourth-order valence-corrected chi connectivity index (χ4v) is 4.84. The van der Waals surface area contributed by atoms with Crippen molar-refractivity contribution in [1.29, 1.82) is 5.26 Å². The molecule has 9 heteroatoms. The number of nitrogens with one attached hydrogen (secondary N) is 1. The highest BCUT2D eigenvalue weighted by atomic mass is 16.5. The normalized spacial score (nSPS) is 18.5. The minimum atomic E-state index is -0.00650. The summed E-state index contributed by atoms with van der Waals surface area (Å²) in [7, 11) is 0. The van der Waals surface area contributed by atoms with Crippen molar-refractivity contribution in [3.05, 3.63) is 48.8 Å². The third-order valence-corrected chi connectivity index (χ3v) is 6.52. The van der Waals surface area contributed by atoms with Crippen molar-refractivity contribution in [2.24, 2.45) is 5.92 Å². The molecule has 6 heterocycles. The first-order chi connectivity index (χ1) is 15.8. The van der Waals surface area contributed by atoms with Crippen molar-refractivity contribution in [2.45, 2.75) is 25.3 Å². The third-order valence-electron chi connectivity index (χ3n) is 6.52. The minimum absolute atomic E-state index is 0.00650. The standard InChI is InChI=1S/C23H22N8O/c24-5-1-19(16-3-7-30(12-16)21-9-20-15(10-26-21)4-8-32-20)31-13-17(11-29-31)22-18-2-6-25-23(18)28-14-27-22/h2,6,9-11,13-14,16,19H,1,3-4,7-8,12H2,(H,25,27,28). The van der Waals surface area contributed by atoms with Crippen LogP contribution in [0.5, 0.6) is 5.75 Å². The summed E-state index contributed by atoms with van der Waals surface area (Å²) in [6, 6.07) is 6.37. The highest BCUT2D eigenvalue weighted by Crippen LogP contribution is 2.35. The first kappa shape index (κ1) is 18.8. The van der Waals surface area contributed by atoms with Crippen LogP contribution in [0.3, 0.4) is 0 Å². The summed E-state index contributed by atoms with van der Waals surface area (Å²) in [5.41, 5.74) is 3.74. The third kappa shape index (κ3) is 3.15. The molecule has 0 bridgehead atoms. The largest absolute Gasteiger partial charge is 0.493 e. The van der Waals surface area contributed by atoms with Gasteiger partial charge in [-0.2, -0.15) is 10.4 Å². The molecule has 4 aromatic heterocycles. The van der Waals surface area contributed by atoms with Crippen LogP contribution in [-0.2, 0) is 6.42 Å². The molecule has 4 aromatic rings. The van der Waals surface area contributed by atoms with E-state index in [1.54, 1.807) is 6.33 Å². The van der Waals surface area contributed by atoms with E-state index in [1.165, 1.54) is 5.56 Å². The van der Waals surface area contributed by atoms with Crippen molar-refractivity contribution in [1.82, 2.24) is 29.7 Å². The second-order valence-corrected chi connectivity index (χ2v) is 8.34. The molecule has 32 heavy (non-hydrogen) atoms. The van der Waals surface area contributed by atoms with Crippen LogP contribution >= 0.6 is 0 Å². The Balaban J connectivity index is 1.25. The van der Waals surface area contributed by atoms with Gasteiger partial charge in [-0.05, 0) is 12.5 Å². The van der Waals surface area contributed by atoms with Gasteiger partial charge in [-0.25, -0.2) is 15.0 Å². The van der Waals surface area contributed by atoms with Crippen molar-refractivity contribution in [3.8, 4) is 23.1 Å². The van der Waals surface area contributed by atoms with Gasteiger partial charge in [-0.15, -0.1) is 0 Å². The molecular weight excluding hydrogens is 404 g/mol. The summed E-state index contributed by atoms with van der Waals surface area (Å²) < 4.78 is 7.65. The van der Waals surface area contributed by atoms with Crippen LogP contribution in [0.1, 0.15) is 24.4 Å². The zero-order valence-corrected chi connectivity index (χ0v) is 17.5. The number of rotatable bonds is 5. The van der Waals surface area contributed by atoms with Crippen LogP contribution in [0.15, 0.2) is 43.2 Å². The molecule has 2 unspecified atom stereocenters. The Bertz CT molecular complexity index is 1320. The van der Waals surface area contributed by atoms with Crippen LogP contribution in [0.4, 0.5) is 5.82 Å². The highest BCUT2D eigenvalue weighted by molar-refractivity contribution is 5.89. The summed E-state index contributed by atoms with van der Waals surface area (Å²) >= 11 is 0. The van der Waals surface area contributed by atoms with E-state index >= 15 is 0 Å². The number of hydrogen-bond donors (Lipinski definition) is 1. The molecule has 0 amide bonds. The van der Waals surface area contributed by atoms with Crippen LogP contribution < -0.4 is 9.64 Å². The maximum atomic E-state index is 9.53. The fourth-order valence-electron chi connectivity index (χ4n) is 4.84. The van der Waals surface area contributed by atoms with E-state index in [-0.39, 0.29) is 6.04 Å². The SMILES string of the molecule is N#CCC(C1CCN(c2cc3c(cn2)CCO3)C1)n1cc(-c2ncnc3[nH]ccc23)cn1. The van der Waals surface area contributed by atoms with Gasteiger partial charge in [0.25, 0.3) is 0 Å². The monoisotopic (exact) mass is 426 g/mol. The molecule has 0 radical (unpaired) electrons. The van der Waals surface area contributed by atoms with Gasteiger partial charge in [0.15, 0.2) is 0 Å². The molecule has 1 fully saturated rings. The Kier molecular flexibility index (Phi) is 4.49. The van der Waals surface area contributed by atoms with Gasteiger partial charge in [-0.3, -0.25) is 4.68 Å². The van der Waals surface area contributed by atoms with E-state index in [1.807, 2.05) is 41.6 Å². The number of H-pyrrole nitrogens is 1. The summed E-state index contributed by atoms with van der Waals surface area (Å²) in [5, 5.41) is 15.1. The number of nitrogens with zero attached hydrogens (tertiary/aromatic N) is 7. The molecular formula is C23H22N8O. The molecule has 0 aliphatic carbocycles. The van der Waals surface area contributed by atoms with Crippen molar-refractivity contribution in [2.75, 3.05) is 24.6 Å².